The van der Waals surface area contributed by atoms with Gasteiger partial charge in [-0.25, -0.2) is 4.68 Å². The van der Waals surface area contributed by atoms with E-state index in [1.165, 1.54) is 0 Å². The molecule has 1 aromatic heterocycles. The Hall–Kier alpha value is -1.97. The molecule has 1 aromatic carbocycles. The van der Waals surface area contributed by atoms with Gasteiger partial charge in [-0.1, -0.05) is 30.3 Å². The minimum atomic E-state index is 1.05. The lowest BCUT2D eigenvalue weighted by molar-refractivity contribution is 0.878. The lowest BCUT2D eigenvalue weighted by Crippen LogP contribution is -1.86. The van der Waals surface area contributed by atoms with Gasteiger partial charge in [0.15, 0.2) is 0 Å². The molecule has 4 heteroatoms. The molecule has 0 atom stereocenters. The number of hydrogen-bond acceptors (Lipinski definition) is 3. The van der Waals surface area contributed by atoms with Gasteiger partial charge >= 0.3 is 0 Å². The van der Waals surface area contributed by atoms with Crippen molar-refractivity contribution in [2.24, 2.45) is 5.10 Å². The van der Waals surface area contributed by atoms with Gasteiger partial charge in [0.25, 0.3) is 0 Å². The highest BCUT2D eigenvalue weighted by molar-refractivity contribution is 5.79. The van der Waals surface area contributed by atoms with Crippen LogP contribution in [0, 0.1) is 0 Å². The van der Waals surface area contributed by atoms with Crippen molar-refractivity contribution in [2.75, 3.05) is 0 Å². The van der Waals surface area contributed by atoms with Gasteiger partial charge in [0, 0.05) is 0 Å². The summed E-state index contributed by atoms with van der Waals surface area (Å²) in [5, 5.41) is 11.4. The molecule has 2 aromatic rings. The maximum absolute atomic E-state index is 4.10. The van der Waals surface area contributed by atoms with Crippen LogP contribution in [0.15, 0.2) is 48.1 Å². The lowest BCUT2D eigenvalue weighted by Gasteiger charge is -1.90. The van der Waals surface area contributed by atoms with E-state index >= 15 is 0 Å². The fourth-order valence-corrected chi connectivity index (χ4v) is 0.927. The Morgan fingerprint density at radius 3 is 2.46 bits per heavy atom. The maximum atomic E-state index is 4.10. The fraction of sp³-hybridized carbons (Fsp3) is 0. The van der Waals surface area contributed by atoms with Crippen LogP contribution < -0.4 is 0 Å². The molecule has 0 unspecified atom stereocenters. The highest BCUT2D eigenvalue weighted by Gasteiger charge is 1.85. The number of rotatable bonds is 2. The molecule has 0 fully saturated rings. The number of aromatic nitrogens is 3. The van der Waals surface area contributed by atoms with Gasteiger partial charge in [0.2, 0.25) is 0 Å². The van der Waals surface area contributed by atoms with Crippen molar-refractivity contribution in [3.63, 3.8) is 0 Å². The number of benzene rings is 1. The summed E-state index contributed by atoms with van der Waals surface area (Å²) >= 11 is 0. The van der Waals surface area contributed by atoms with Crippen LogP contribution in [0.3, 0.4) is 0 Å². The van der Waals surface area contributed by atoms with E-state index in [1.54, 1.807) is 23.5 Å². The Morgan fingerprint density at radius 2 is 1.77 bits per heavy atom. The summed E-state index contributed by atoms with van der Waals surface area (Å²) in [6, 6.07) is 9.86. The van der Waals surface area contributed by atoms with Crippen LogP contribution in [0.25, 0.3) is 0 Å². The summed E-state index contributed by atoms with van der Waals surface area (Å²) in [6.45, 7) is 0. The molecule has 0 saturated carbocycles. The van der Waals surface area contributed by atoms with Gasteiger partial charge < -0.3 is 0 Å². The SMILES string of the molecule is C(=N/n1cnnc1)/c1ccccc1. The van der Waals surface area contributed by atoms with Gasteiger partial charge in [-0.2, -0.15) is 5.10 Å². The molecule has 0 N–H and O–H groups in total. The van der Waals surface area contributed by atoms with E-state index in [0.717, 1.165) is 5.56 Å². The molecule has 2 rings (SSSR count). The molecule has 0 bridgehead atoms. The number of nitrogens with zero attached hydrogens (tertiary/aromatic N) is 4. The molecule has 0 saturated heterocycles. The Bertz CT molecular complexity index is 377. The normalized spacial score (nSPS) is 10.8. The highest BCUT2D eigenvalue weighted by atomic mass is 15.4. The van der Waals surface area contributed by atoms with Crippen LogP contribution in [0.2, 0.25) is 0 Å². The third-order valence-corrected chi connectivity index (χ3v) is 1.55. The van der Waals surface area contributed by atoms with Gasteiger partial charge in [-0.05, 0) is 5.56 Å². The third kappa shape index (κ3) is 1.99. The Balaban J connectivity index is 2.15. The second kappa shape index (κ2) is 3.62. The molecule has 0 radical (unpaired) electrons. The molecule has 0 spiro atoms. The number of hydrogen-bond donors (Lipinski definition) is 0. The van der Waals surface area contributed by atoms with Crippen molar-refractivity contribution in [1.29, 1.82) is 0 Å². The Morgan fingerprint density at radius 1 is 1.08 bits per heavy atom. The van der Waals surface area contributed by atoms with Crippen molar-refractivity contribution in [1.82, 2.24) is 14.9 Å². The Kier molecular flexibility index (Phi) is 2.14. The zero-order valence-corrected chi connectivity index (χ0v) is 6.91. The highest BCUT2D eigenvalue weighted by Crippen LogP contribution is 1.94. The zero-order chi connectivity index (χ0) is 8.93. The van der Waals surface area contributed by atoms with Gasteiger partial charge in [-0.3, -0.25) is 0 Å². The third-order valence-electron chi connectivity index (χ3n) is 1.55. The molecular formula is C9H8N4. The molecule has 0 aliphatic rings. The predicted octanol–water partition coefficient (Wildman–Crippen LogP) is 1.16. The van der Waals surface area contributed by atoms with E-state index in [-0.39, 0.29) is 0 Å². The first-order chi connectivity index (χ1) is 6.45. The standard InChI is InChI=1S/C9H8N4/c1-2-4-9(5-3-1)6-12-13-7-10-11-8-13/h1-8H/b12-6-. The largest absolute Gasteiger partial charge is 0.208 e. The summed E-state index contributed by atoms with van der Waals surface area (Å²) in [5.74, 6) is 0. The summed E-state index contributed by atoms with van der Waals surface area (Å²) in [6.07, 6.45) is 4.84. The zero-order valence-electron chi connectivity index (χ0n) is 6.91. The van der Waals surface area contributed by atoms with Crippen LogP contribution >= 0.6 is 0 Å². The first-order valence-electron chi connectivity index (χ1n) is 3.89. The monoisotopic (exact) mass is 172 g/mol. The fourth-order valence-electron chi connectivity index (χ4n) is 0.927. The lowest BCUT2D eigenvalue weighted by atomic mass is 10.2. The minimum absolute atomic E-state index is 1.05. The van der Waals surface area contributed by atoms with Crippen LogP contribution in [0.5, 0.6) is 0 Å². The molecule has 64 valence electrons. The van der Waals surface area contributed by atoms with Crippen molar-refractivity contribution in [3.8, 4) is 0 Å². The molecule has 1 heterocycles. The molecule has 13 heavy (non-hydrogen) atoms. The first-order valence-corrected chi connectivity index (χ1v) is 3.89. The van der Waals surface area contributed by atoms with Crippen molar-refractivity contribution in [2.45, 2.75) is 0 Å². The Labute approximate surface area is 75.5 Å². The summed E-state index contributed by atoms with van der Waals surface area (Å²) in [7, 11) is 0. The smallest absolute Gasteiger partial charge is 0.141 e. The topological polar surface area (TPSA) is 43.1 Å². The average molecular weight is 172 g/mol. The summed E-state index contributed by atoms with van der Waals surface area (Å²) < 4.78 is 1.55. The van der Waals surface area contributed by atoms with E-state index in [1.807, 2.05) is 30.3 Å². The molecular weight excluding hydrogens is 164 g/mol. The van der Waals surface area contributed by atoms with Crippen molar-refractivity contribution < 1.29 is 0 Å². The van der Waals surface area contributed by atoms with E-state index < -0.39 is 0 Å². The predicted molar refractivity (Wildman–Crippen MR) is 49.5 cm³/mol. The second-order valence-electron chi connectivity index (χ2n) is 2.50. The first kappa shape index (κ1) is 7.67. The van der Waals surface area contributed by atoms with Crippen LogP contribution in [-0.2, 0) is 0 Å². The van der Waals surface area contributed by atoms with E-state index in [0.29, 0.717) is 0 Å². The molecule has 0 aliphatic heterocycles. The van der Waals surface area contributed by atoms with E-state index in [9.17, 15) is 0 Å². The maximum Gasteiger partial charge on any atom is 0.141 e. The van der Waals surface area contributed by atoms with Crippen LogP contribution in [0.1, 0.15) is 5.56 Å². The van der Waals surface area contributed by atoms with Crippen molar-refractivity contribution >= 4 is 6.21 Å². The average Bonchev–Trinajstić information content (AvgIpc) is 2.69. The van der Waals surface area contributed by atoms with Crippen molar-refractivity contribution in [3.05, 3.63) is 48.5 Å². The molecule has 0 aliphatic carbocycles. The second-order valence-corrected chi connectivity index (χ2v) is 2.50. The molecule has 0 amide bonds. The van der Waals surface area contributed by atoms with E-state index in [2.05, 4.69) is 15.3 Å². The quantitative estimate of drug-likeness (QED) is 0.638. The minimum Gasteiger partial charge on any atom is -0.208 e. The van der Waals surface area contributed by atoms with Gasteiger partial charge in [0.1, 0.15) is 12.7 Å². The summed E-state index contributed by atoms with van der Waals surface area (Å²) in [4.78, 5) is 0. The molecule has 4 nitrogen and oxygen atoms in total. The van der Waals surface area contributed by atoms with Crippen LogP contribution in [0.4, 0.5) is 0 Å². The van der Waals surface area contributed by atoms with E-state index in [4.69, 9.17) is 0 Å². The van der Waals surface area contributed by atoms with Crippen LogP contribution in [-0.4, -0.2) is 21.1 Å². The van der Waals surface area contributed by atoms with Gasteiger partial charge in [-0.15, -0.1) is 10.2 Å². The summed E-state index contributed by atoms with van der Waals surface area (Å²) in [5.41, 5.74) is 1.05. The van der Waals surface area contributed by atoms with Gasteiger partial charge in [0.05, 0.1) is 6.21 Å².